The van der Waals surface area contributed by atoms with Gasteiger partial charge in [0.15, 0.2) is 0 Å². The summed E-state index contributed by atoms with van der Waals surface area (Å²) in [7, 11) is 0. The van der Waals surface area contributed by atoms with Crippen LogP contribution >= 0.6 is 0 Å². The molecule has 1 atom stereocenters. The van der Waals surface area contributed by atoms with Crippen molar-refractivity contribution in [2.24, 2.45) is 5.92 Å². The van der Waals surface area contributed by atoms with E-state index in [0.717, 1.165) is 12.5 Å². The van der Waals surface area contributed by atoms with Gasteiger partial charge in [-0.3, -0.25) is 0 Å². The monoisotopic (exact) mass is 170 g/mol. The normalized spacial score (nSPS) is 21.8. The smallest absolute Gasteiger partial charge is 0.0838 e. The summed E-state index contributed by atoms with van der Waals surface area (Å²) in [6.45, 7) is 5.58. The second-order valence-electron chi connectivity index (χ2n) is 3.92. The van der Waals surface area contributed by atoms with Crippen LogP contribution in [0.3, 0.4) is 0 Å². The molecule has 1 aliphatic rings. The van der Waals surface area contributed by atoms with E-state index in [1.165, 1.54) is 38.5 Å². The van der Waals surface area contributed by atoms with E-state index in [-0.39, 0.29) is 0 Å². The second kappa shape index (κ2) is 5.58. The topological polar surface area (TPSA) is 12.5 Å². The zero-order valence-electron chi connectivity index (χ0n) is 8.51. The number of hydrogen-bond donors (Lipinski definition) is 0. The molecule has 0 saturated carbocycles. The standard InChI is InChI=1S/C11H22O/c1-3-5-7-10(8-6-4-2)11-9-12-11/h10-11H,3-9H2,1-2H3. The molecule has 12 heavy (non-hydrogen) atoms. The number of epoxide rings is 1. The lowest BCUT2D eigenvalue weighted by atomic mass is 9.93. The van der Waals surface area contributed by atoms with Crippen LogP contribution in [0.1, 0.15) is 52.4 Å². The van der Waals surface area contributed by atoms with Crippen molar-refractivity contribution in [3.63, 3.8) is 0 Å². The lowest BCUT2D eigenvalue weighted by molar-refractivity contribution is 0.293. The maximum Gasteiger partial charge on any atom is 0.0838 e. The average Bonchev–Trinajstić information content (AvgIpc) is 2.88. The Bertz CT molecular complexity index is 99.6. The van der Waals surface area contributed by atoms with Gasteiger partial charge in [0.05, 0.1) is 12.7 Å². The first-order chi connectivity index (χ1) is 5.88. The molecule has 0 aromatic rings. The Morgan fingerprint density at radius 2 is 1.67 bits per heavy atom. The van der Waals surface area contributed by atoms with Gasteiger partial charge in [0.25, 0.3) is 0 Å². The summed E-state index contributed by atoms with van der Waals surface area (Å²) in [5.74, 6) is 0.880. The molecule has 0 N–H and O–H groups in total. The van der Waals surface area contributed by atoms with Crippen molar-refractivity contribution >= 4 is 0 Å². The highest BCUT2D eigenvalue weighted by Crippen LogP contribution is 2.29. The first kappa shape index (κ1) is 10.0. The minimum atomic E-state index is 0.642. The fourth-order valence-electron chi connectivity index (χ4n) is 1.78. The van der Waals surface area contributed by atoms with Crippen LogP contribution < -0.4 is 0 Å². The summed E-state index contributed by atoms with van der Waals surface area (Å²) in [5.41, 5.74) is 0. The lowest BCUT2D eigenvalue weighted by Gasteiger charge is -2.12. The van der Waals surface area contributed by atoms with E-state index in [1.807, 2.05) is 0 Å². The Morgan fingerprint density at radius 3 is 2.00 bits per heavy atom. The largest absolute Gasteiger partial charge is 0.373 e. The molecule has 1 heteroatoms. The Balaban J connectivity index is 2.09. The molecule has 0 bridgehead atoms. The highest BCUT2D eigenvalue weighted by Gasteiger charge is 2.31. The average molecular weight is 170 g/mol. The molecule has 1 heterocycles. The molecular weight excluding hydrogens is 148 g/mol. The Hall–Kier alpha value is -0.0400. The predicted octanol–water partition coefficient (Wildman–Crippen LogP) is 3.38. The molecule has 0 aromatic heterocycles. The zero-order valence-corrected chi connectivity index (χ0v) is 8.51. The SMILES string of the molecule is CCCCC(CCCC)C1CO1. The van der Waals surface area contributed by atoms with E-state index in [2.05, 4.69) is 13.8 Å². The van der Waals surface area contributed by atoms with E-state index in [1.54, 1.807) is 0 Å². The summed E-state index contributed by atoms with van der Waals surface area (Å²) < 4.78 is 5.36. The third kappa shape index (κ3) is 3.57. The molecule has 1 rings (SSSR count). The summed E-state index contributed by atoms with van der Waals surface area (Å²) in [4.78, 5) is 0. The lowest BCUT2D eigenvalue weighted by Crippen LogP contribution is -2.08. The van der Waals surface area contributed by atoms with E-state index < -0.39 is 0 Å². The molecule has 0 aromatic carbocycles. The molecule has 0 spiro atoms. The van der Waals surface area contributed by atoms with Crippen molar-refractivity contribution in [1.82, 2.24) is 0 Å². The van der Waals surface area contributed by atoms with Gasteiger partial charge in [-0.25, -0.2) is 0 Å². The van der Waals surface area contributed by atoms with E-state index in [9.17, 15) is 0 Å². The Kier molecular flexibility index (Phi) is 4.67. The van der Waals surface area contributed by atoms with Gasteiger partial charge in [0.1, 0.15) is 0 Å². The summed E-state index contributed by atoms with van der Waals surface area (Å²) >= 11 is 0. The fraction of sp³-hybridized carbons (Fsp3) is 1.00. The molecule has 1 aliphatic heterocycles. The number of ether oxygens (including phenoxy) is 1. The van der Waals surface area contributed by atoms with Crippen LogP contribution in [0.25, 0.3) is 0 Å². The van der Waals surface area contributed by atoms with Crippen LogP contribution in [0.5, 0.6) is 0 Å². The molecule has 0 radical (unpaired) electrons. The molecule has 0 amide bonds. The highest BCUT2D eigenvalue weighted by atomic mass is 16.6. The van der Waals surface area contributed by atoms with Crippen molar-refractivity contribution in [3.8, 4) is 0 Å². The van der Waals surface area contributed by atoms with Gasteiger partial charge >= 0.3 is 0 Å². The Labute approximate surface area is 76.5 Å². The molecule has 72 valence electrons. The molecule has 1 nitrogen and oxygen atoms in total. The van der Waals surface area contributed by atoms with Crippen molar-refractivity contribution < 1.29 is 4.74 Å². The van der Waals surface area contributed by atoms with Gasteiger partial charge in [-0.2, -0.15) is 0 Å². The summed E-state index contributed by atoms with van der Waals surface area (Å²) in [5, 5.41) is 0. The van der Waals surface area contributed by atoms with Crippen LogP contribution in [0.2, 0.25) is 0 Å². The molecule has 1 fully saturated rings. The maximum atomic E-state index is 5.36. The Morgan fingerprint density at radius 1 is 1.17 bits per heavy atom. The van der Waals surface area contributed by atoms with Crippen molar-refractivity contribution in [3.05, 3.63) is 0 Å². The molecule has 1 saturated heterocycles. The van der Waals surface area contributed by atoms with Gasteiger partial charge in [-0.15, -0.1) is 0 Å². The predicted molar refractivity (Wildman–Crippen MR) is 52.3 cm³/mol. The minimum Gasteiger partial charge on any atom is -0.373 e. The second-order valence-corrected chi connectivity index (χ2v) is 3.92. The van der Waals surface area contributed by atoms with E-state index in [0.29, 0.717) is 6.10 Å². The van der Waals surface area contributed by atoms with Crippen LogP contribution in [0, 0.1) is 5.92 Å². The van der Waals surface area contributed by atoms with Crippen LogP contribution in [-0.2, 0) is 4.74 Å². The van der Waals surface area contributed by atoms with Crippen LogP contribution in [0.15, 0.2) is 0 Å². The third-order valence-electron chi connectivity index (χ3n) is 2.74. The van der Waals surface area contributed by atoms with E-state index >= 15 is 0 Å². The zero-order chi connectivity index (χ0) is 8.81. The van der Waals surface area contributed by atoms with Crippen LogP contribution in [0.4, 0.5) is 0 Å². The summed E-state index contributed by atoms with van der Waals surface area (Å²) in [6, 6.07) is 0. The number of unbranched alkanes of at least 4 members (excludes halogenated alkanes) is 2. The first-order valence-corrected chi connectivity index (χ1v) is 5.50. The quantitative estimate of drug-likeness (QED) is 0.534. The van der Waals surface area contributed by atoms with Gasteiger partial charge in [0, 0.05) is 0 Å². The minimum absolute atomic E-state index is 0.642. The molecular formula is C11H22O. The van der Waals surface area contributed by atoms with Gasteiger partial charge in [-0.05, 0) is 18.8 Å². The molecule has 1 unspecified atom stereocenters. The summed E-state index contributed by atoms with van der Waals surface area (Å²) in [6.07, 6.45) is 8.85. The maximum absolute atomic E-state index is 5.36. The third-order valence-corrected chi connectivity index (χ3v) is 2.74. The van der Waals surface area contributed by atoms with Gasteiger partial charge in [-0.1, -0.05) is 39.5 Å². The van der Waals surface area contributed by atoms with E-state index in [4.69, 9.17) is 4.74 Å². The van der Waals surface area contributed by atoms with Gasteiger partial charge in [0.2, 0.25) is 0 Å². The number of rotatable bonds is 7. The first-order valence-electron chi connectivity index (χ1n) is 5.50. The van der Waals surface area contributed by atoms with Crippen molar-refractivity contribution in [2.75, 3.05) is 6.61 Å². The number of hydrogen-bond acceptors (Lipinski definition) is 1. The van der Waals surface area contributed by atoms with Crippen LogP contribution in [-0.4, -0.2) is 12.7 Å². The molecule has 0 aliphatic carbocycles. The fourth-order valence-corrected chi connectivity index (χ4v) is 1.78. The van der Waals surface area contributed by atoms with Crippen molar-refractivity contribution in [2.45, 2.75) is 58.5 Å². The highest BCUT2D eigenvalue weighted by molar-refractivity contribution is 4.78. The van der Waals surface area contributed by atoms with Crippen molar-refractivity contribution in [1.29, 1.82) is 0 Å². The van der Waals surface area contributed by atoms with Gasteiger partial charge < -0.3 is 4.74 Å².